The third-order valence-corrected chi connectivity index (χ3v) is 9.60. The molecule has 1 aliphatic heterocycles. The van der Waals surface area contributed by atoms with Gasteiger partial charge in [0.1, 0.15) is 48.2 Å². The number of aromatic nitrogens is 3. The van der Waals surface area contributed by atoms with Crippen molar-refractivity contribution >= 4 is 29.1 Å². The summed E-state index contributed by atoms with van der Waals surface area (Å²) in [5, 5.41) is 18.1. The van der Waals surface area contributed by atoms with E-state index in [0.29, 0.717) is 39.3 Å². The molecule has 0 fully saturated rings. The van der Waals surface area contributed by atoms with E-state index < -0.39 is 24.3 Å². The Labute approximate surface area is 389 Å². The summed E-state index contributed by atoms with van der Waals surface area (Å²) in [5.41, 5.74) is 4.82. The minimum atomic E-state index is -3.67. The Kier molecular flexibility index (Phi) is 17.3. The van der Waals surface area contributed by atoms with Crippen LogP contribution in [0.1, 0.15) is 34.7 Å². The highest BCUT2D eigenvalue weighted by Crippen LogP contribution is 2.47. The fraction of sp³-hybridized carbons (Fsp3) is 0.204. The monoisotopic (exact) mass is 930 g/mol. The van der Waals surface area contributed by atoms with E-state index in [0.717, 1.165) is 16.8 Å². The largest absolute Gasteiger partial charge is 0.586 e. The lowest BCUT2D eigenvalue weighted by atomic mass is 10.0. The molecule has 1 N–H and O–H groups in total. The highest BCUT2D eigenvalue weighted by atomic mass is 19.3. The predicted molar refractivity (Wildman–Crippen MR) is 241 cm³/mol. The van der Waals surface area contributed by atoms with Crippen molar-refractivity contribution in [3.8, 4) is 58.0 Å². The maximum absolute atomic E-state index is 13.0. The second-order valence-corrected chi connectivity index (χ2v) is 14.1. The molecule has 7 rings (SSSR count). The summed E-state index contributed by atoms with van der Waals surface area (Å²) in [6.07, 6.45) is 1.92. The zero-order chi connectivity index (χ0) is 49.4. The lowest BCUT2D eigenvalue weighted by Crippen LogP contribution is -2.46. The van der Waals surface area contributed by atoms with Gasteiger partial charge in [-0.05, 0) is 56.2 Å². The number of ether oxygens (including phenoxy) is 8. The van der Waals surface area contributed by atoms with Crippen molar-refractivity contribution in [3.05, 3.63) is 144 Å². The quantitative estimate of drug-likeness (QED) is 0.0650. The molecule has 0 aliphatic carbocycles. The van der Waals surface area contributed by atoms with E-state index in [4.69, 9.17) is 33.7 Å². The number of methoxy groups -OCH3 is 4. The summed E-state index contributed by atoms with van der Waals surface area (Å²) in [6, 6.07) is 28.7. The van der Waals surface area contributed by atoms with Gasteiger partial charge in [0.15, 0.2) is 11.5 Å². The number of aryl methyl sites for hydroxylation is 2. The first-order chi connectivity index (χ1) is 32.7. The standard InChI is InChI=1S/C22H17N3O5.C15H21NO4.C12H6F2N2O2/c1-27-13-17(22(26)28-2)16-8-4-6-10-19(16)30-21-11-20(24-14-25-21)29-18-9-5-3-7-15(18)12-23;1-10-7-6-8-11(2)14(10)16(13(17)9-19-4)12(3)15(18)20-5;13-12(14)17-10-3-1-2-8(11(10)18-12)9-6-16-5-7(9)4-15/h3-11,13-14H,1-2H3;6-8,12H,9H2,1-5H3;1-3,5-6,16H/b17-13+;;/t;12-;/m.1./s1. The molecule has 68 heavy (non-hydrogen) atoms. The van der Waals surface area contributed by atoms with Crippen molar-refractivity contribution in [1.29, 1.82) is 10.5 Å². The Morgan fingerprint density at radius 2 is 1.43 bits per heavy atom. The van der Waals surface area contributed by atoms with Gasteiger partial charge < -0.3 is 42.9 Å². The third-order valence-electron chi connectivity index (χ3n) is 9.60. The highest BCUT2D eigenvalue weighted by Gasteiger charge is 2.44. The summed E-state index contributed by atoms with van der Waals surface area (Å²) in [5.74, 6) is -0.313. The topological polar surface area (TPSA) is 217 Å². The van der Waals surface area contributed by atoms with E-state index in [-0.39, 0.29) is 41.3 Å². The SMILES string of the molecule is CO/C=C(/C(=O)OC)c1ccccc1Oc1cc(Oc2ccccc2C#N)ncn1.COCC(=O)N(c1c(C)cccc1C)[C@H](C)C(=O)OC.N#Cc1c[nH]cc1-c1cccc2c1OC(F)(F)O2. The zero-order valence-corrected chi connectivity index (χ0v) is 37.7. The molecule has 3 heterocycles. The van der Waals surface area contributed by atoms with E-state index in [1.54, 1.807) is 73.8 Å². The number of nitriles is 2. The van der Waals surface area contributed by atoms with Crippen LogP contribution in [0.25, 0.3) is 16.7 Å². The molecule has 19 heteroatoms. The van der Waals surface area contributed by atoms with Gasteiger partial charge in [0, 0.05) is 36.2 Å². The van der Waals surface area contributed by atoms with Gasteiger partial charge in [-0.1, -0.05) is 60.7 Å². The van der Waals surface area contributed by atoms with Gasteiger partial charge in [0.05, 0.1) is 50.5 Å². The van der Waals surface area contributed by atoms with Crippen LogP contribution in [0.4, 0.5) is 14.5 Å². The average molecular weight is 931 g/mol. The van der Waals surface area contributed by atoms with Crippen LogP contribution >= 0.6 is 0 Å². The molecule has 1 amide bonds. The number of halogens is 2. The van der Waals surface area contributed by atoms with Crippen molar-refractivity contribution in [1.82, 2.24) is 15.0 Å². The third kappa shape index (κ3) is 12.3. The molecule has 2 aromatic heterocycles. The predicted octanol–water partition coefficient (Wildman–Crippen LogP) is 8.81. The van der Waals surface area contributed by atoms with Crippen molar-refractivity contribution in [2.24, 2.45) is 0 Å². The molecule has 1 aliphatic rings. The zero-order valence-electron chi connectivity index (χ0n) is 37.7. The smallest absolute Gasteiger partial charge is 0.503 e. The Morgan fingerprint density at radius 3 is 2.06 bits per heavy atom. The van der Waals surface area contributed by atoms with E-state index in [1.807, 2.05) is 38.1 Å². The lowest BCUT2D eigenvalue weighted by Gasteiger charge is -2.30. The number of esters is 2. The van der Waals surface area contributed by atoms with Crippen LogP contribution in [0.15, 0.2) is 116 Å². The van der Waals surface area contributed by atoms with Crippen LogP contribution in [0.5, 0.6) is 34.8 Å². The number of hydrogen-bond acceptors (Lipinski definition) is 15. The highest BCUT2D eigenvalue weighted by molar-refractivity contribution is 6.17. The van der Waals surface area contributed by atoms with E-state index in [9.17, 15) is 28.4 Å². The van der Waals surface area contributed by atoms with Gasteiger partial charge in [0.25, 0.3) is 5.91 Å². The Bertz CT molecular complexity index is 2850. The molecule has 1 atom stereocenters. The van der Waals surface area contributed by atoms with Crippen molar-refractivity contribution in [2.75, 3.05) is 39.9 Å². The van der Waals surface area contributed by atoms with Gasteiger partial charge in [-0.3, -0.25) is 9.69 Å². The van der Waals surface area contributed by atoms with Gasteiger partial charge >= 0.3 is 18.2 Å². The number of nitrogens with zero attached hydrogens (tertiary/aromatic N) is 5. The number of rotatable bonds is 13. The number of H-pyrrole nitrogens is 1. The molecule has 0 spiro atoms. The molecule has 0 unspecified atom stereocenters. The van der Waals surface area contributed by atoms with Crippen LogP contribution in [0.3, 0.4) is 0 Å². The van der Waals surface area contributed by atoms with E-state index in [1.165, 1.54) is 64.3 Å². The second kappa shape index (κ2) is 23.4. The summed E-state index contributed by atoms with van der Waals surface area (Å²) in [7, 11) is 5.47. The number of fused-ring (bicyclic) bond motifs is 1. The number of carbonyl (C=O) groups excluding carboxylic acids is 3. The fourth-order valence-corrected chi connectivity index (χ4v) is 6.58. The Balaban J connectivity index is 0.000000199. The summed E-state index contributed by atoms with van der Waals surface area (Å²) in [6.45, 7) is 5.36. The van der Waals surface area contributed by atoms with E-state index in [2.05, 4.69) is 30.5 Å². The minimum absolute atomic E-state index is 0.0393. The molecule has 6 aromatic rings. The number of hydrogen-bond donors (Lipinski definition) is 1. The summed E-state index contributed by atoms with van der Waals surface area (Å²) < 4.78 is 65.9. The number of anilines is 1. The van der Waals surface area contributed by atoms with Gasteiger partial charge in [0.2, 0.25) is 11.8 Å². The van der Waals surface area contributed by atoms with Crippen LogP contribution in [0.2, 0.25) is 0 Å². The molecule has 17 nitrogen and oxygen atoms in total. The maximum atomic E-state index is 13.0. The number of amides is 1. The minimum Gasteiger partial charge on any atom is -0.503 e. The van der Waals surface area contributed by atoms with Crippen molar-refractivity contribution < 1.29 is 61.1 Å². The summed E-state index contributed by atoms with van der Waals surface area (Å²) >= 11 is 0. The lowest BCUT2D eigenvalue weighted by molar-refractivity contribution is -0.286. The number of aromatic amines is 1. The molecular weight excluding hydrogens is 887 g/mol. The summed E-state index contributed by atoms with van der Waals surface area (Å²) in [4.78, 5) is 48.6. The van der Waals surface area contributed by atoms with Gasteiger partial charge in [-0.15, -0.1) is 8.78 Å². The maximum Gasteiger partial charge on any atom is 0.586 e. The number of nitrogens with one attached hydrogen (secondary N) is 1. The average Bonchev–Trinajstić information content (AvgIpc) is 3.95. The van der Waals surface area contributed by atoms with Gasteiger partial charge in [-0.25, -0.2) is 19.6 Å². The molecule has 0 bridgehead atoms. The molecule has 0 saturated carbocycles. The molecular formula is C49H44F2N6O11. The van der Waals surface area contributed by atoms with Gasteiger partial charge in [-0.2, -0.15) is 10.5 Å². The molecule has 4 aromatic carbocycles. The normalized spacial score (nSPS) is 12.2. The number of para-hydroxylation sites is 4. The Hall–Kier alpha value is -8.81. The second-order valence-electron chi connectivity index (χ2n) is 14.1. The Morgan fingerprint density at radius 1 is 0.794 bits per heavy atom. The first kappa shape index (κ1) is 50.2. The molecule has 0 saturated heterocycles. The number of alkyl halides is 2. The first-order valence-corrected chi connectivity index (χ1v) is 20.2. The van der Waals surface area contributed by atoms with Crippen LogP contribution in [0, 0.1) is 36.5 Å². The van der Waals surface area contributed by atoms with Crippen LogP contribution in [-0.2, 0) is 33.3 Å². The number of carbonyl (C=O) groups is 3. The van der Waals surface area contributed by atoms with Crippen molar-refractivity contribution in [3.63, 3.8) is 0 Å². The molecule has 350 valence electrons. The number of benzene rings is 4. The fourth-order valence-electron chi connectivity index (χ4n) is 6.58. The molecule has 0 radical (unpaired) electrons. The van der Waals surface area contributed by atoms with E-state index >= 15 is 0 Å². The first-order valence-electron chi connectivity index (χ1n) is 20.2. The van der Waals surface area contributed by atoms with Crippen LogP contribution in [-0.4, -0.2) is 80.2 Å². The van der Waals surface area contributed by atoms with Crippen LogP contribution < -0.4 is 23.8 Å². The van der Waals surface area contributed by atoms with Crippen molar-refractivity contribution in [2.45, 2.75) is 33.1 Å².